The van der Waals surface area contributed by atoms with Crippen molar-refractivity contribution in [3.05, 3.63) is 0 Å². The zero-order chi connectivity index (χ0) is 7.68. The van der Waals surface area contributed by atoms with Gasteiger partial charge < -0.3 is 4.74 Å². The molecule has 2 aliphatic rings. The van der Waals surface area contributed by atoms with Crippen LogP contribution in [0.4, 0.5) is 0 Å². The lowest BCUT2D eigenvalue weighted by molar-refractivity contribution is -0.121. The van der Waals surface area contributed by atoms with E-state index in [-0.39, 0.29) is 11.8 Å². The van der Waals surface area contributed by atoms with E-state index in [1.165, 1.54) is 6.34 Å². The smallest absolute Gasteiger partial charge is 0.258 e. The van der Waals surface area contributed by atoms with Crippen LogP contribution in [0.15, 0.2) is 9.98 Å². The molecule has 0 spiro atoms. The number of nitrogens with zero attached hydrogens (tertiary/aromatic N) is 2. The number of hydrogen-bond donors (Lipinski definition) is 0. The molecule has 0 aromatic rings. The van der Waals surface area contributed by atoms with Crippen LogP contribution in [-0.4, -0.2) is 31.2 Å². The normalized spacial score (nSPS) is 29.6. The predicted octanol–water partition coefficient (Wildman–Crippen LogP) is 0.0324. The number of carbonyl (C=O) groups excluding carboxylic acids is 1. The van der Waals surface area contributed by atoms with Gasteiger partial charge in [-0.3, -0.25) is 4.79 Å². The second-order valence-corrected chi connectivity index (χ2v) is 2.58. The number of carbonyl (C=O) groups is 1. The molecule has 4 nitrogen and oxygen atoms in total. The van der Waals surface area contributed by atoms with Gasteiger partial charge in [-0.2, -0.15) is 0 Å². The van der Waals surface area contributed by atoms with Crippen LogP contribution in [0, 0.1) is 5.92 Å². The summed E-state index contributed by atoms with van der Waals surface area (Å²) in [6.07, 6.45) is 2.10. The van der Waals surface area contributed by atoms with E-state index in [0.717, 1.165) is 12.1 Å². The number of ether oxygens (including phenoxy) is 1. The van der Waals surface area contributed by atoms with Crippen LogP contribution >= 0.6 is 0 Å². The molecule has 0 aromatic heterocycles. The Morgan fingerprint density at radius 2 is 2.55 bits per heavy atom. The number of hydrogen-bond acceptors (Lipinski definition) is 3. The van der Waals surface area contributed by atoms with Crippen molar-refractivity contribution in [2.24, 2.45) is 15.9 Å². The summed E-state index contributed by atoms with van der Waals surface area (Å²) in [6.45, 7) is 1.13. The van der Waals surface area contributed by atoms with E-state index < -0.39 is 0 Å². The summed E-state index contributed by atoms with van der Waals surface area (Å²) in [7, 11) is 0. The van der Waals surface area contributed by atoms with E-state index in [1.54, 1.807) is 0 Å². The molecule has 1 unspecified atom stereocenters. The van der Waals surface area contributed by atoms with Crippen molar-refractivity contribution >= 4 is 18.0 Å². The molecule has 0 N–H and O–H groups in total. The predicted molar refractivity (Wildman–Crippen MR) is 39.9 cm³/mol. The third kappa shape index (κ3) is 1.09. The number of rotatable bonds is 0. The second kappa shape index (κ2) is 2.54. The fraction of sp³-hybridized carbons (Fsp3) is 0.571. The van der Waals surface area contributed by atoms with Gasteiger partial charge in [0.1, 0.15) is 12.3 Å². The van der Waals surface area contributed by atoms with Gasteiger partial charge in [0.15, 0.2) is 0 Å². The van der Waals surface area contributed by atoms with Crippen molar-refractivity contribution < 1.29 is 9.53 Å². The minimum atomic E-state index is -0.186. The summed E-state index contributed by atoms with van der Waals surface area (Å²) < 4.78 is 5.13. The number of aliphatic imine (C=N–C) groups is 2. The highest BCUT2D eigenvalue weighted by Gasteiger charge is 2.28. The van der Waals surface area contributed by atoms with Crippen LogP contribution in [0.25, 0.3) is 0 Å². The molecule has 0 saturated carbocycles. The van der Waals surface area contributed by atoms with Gasteiger partial charge >= 0.3 is 0 Å². The Balaban J connectivity index is 2.25. The van der Waals surface area contributed by atoms with E-state index in [0.29, 0.717) is 13.2 Å². The molecule has 2 aliphatic heterocycles. The highest BCUT2D eigenvalue weighted by Crippen LogP contribution is 2.15. The van der Waals surface area contributed by atoms with Gasteiger partial charge in [0.25, 0.3) is 5.91 Å². The Morgan fingerprint density at radius 3 is 3.36 bits per heavy atom. The molecular formula is C7H8N2O2. The molecule has 4 heteroatoms. The van der Waals surface area contributed by atoms with Gasteiger partial charge in [-0.25, -0.2) is 9.98 Å². The first kappa shape index (κ1) is 6.67. The highest BCUT2D eigenvalue weighted by atomic mass is 16.5. The van der Waals surface area contributed by atoms with Gasteiger partial charge in [0, 0.05) is 12.1 Å². The molecule has 1 saturated heterocycles. The Labute approximate surface area is 64.0 Å². The van der Waals surface area contributed by atoms with Crippen LogP contribution in [0.2, 0.25) is 0 Å². The van der Waals surface area contributed by atoms with Crippen LogP contribution in [0.3, 0.4) is 0 Å². The lowest BCUT2D eigenvalue weighted by Gasteiger charge is -2.22. The molecule has 58 valence electrons. The maximum atomic E-state index is 11.1. The zero-order valence-corrected chi connectivity index (χ0v) is 5.99. The minimum absolute atomic E-state index is 0.116. The van der Waals surface area contributed by atoms with Gasteiger partial charge in [-0.1, -0.05) is 0 Å². The van der Waals surface area contributed by atoms with Crippen molar-refractivity contribution in [2.45, 2.75) is 6.42 Å². The summed E-state index contributed by atoms with van der Waals surface area (Å²) in [6, 6.07) is 0. The largest absolute Gasteiger partial charge is 0.380 e. The average molecular weight is 152 g/mol. The molecule has 0 aromatic carbocycles. The summed E-state index contributed by atoms with van der Waals surface area (Å²) >= 11 is 0. The Kier molecular flexibility index (Phi) is 1.54. The molecule has 11 heavy (non-hydrogen) atoms. The van der Waals surface area contributed by atoms with Crippen molar-refractivity contribution in [1.29, 1.82) is 0 Å². The molecule has 0 aliphatic carbocycles. The molecule has 0 bridgehead atoms. The van der Waals surface area contributed by atoms with Crippen LogP contribution < -0.4 is 0 Å². The maximum absolute atomic E-state index is 11.1. The second-order valence-electron chi connectivity index (χ2n) is 2.58. The highest BCUT2D eigenvalue weighted by molar-refractivity contribution is 6.12. The van der Waals surface area contributed by atoms with E-state index in [4.69, 9.17) is 4.74 Å². The van der Waals surface area contributed by atoms with E-state index >= 15 is 0 Å². The van der Waals surface area contributed by atoms with Gasteiger partial charge in [0.2, 0.25) is 0 Å². The molecule has 0 radical (unpaired) electrons. The summed E-state index contributed by atoms with van der Waals surface area (Å²) in [5.41, 5.74) is 0.927. The van der Waals surface area contributed by atoms with Crippen molar-refractivity contribution in [2.75, 3.05) is 13.2 Å². The zero-order valence-electron chi connectivity index (χ0n) is 5.99. The molecule has 1 amide bonds. The maximum Gasteiger partial charge on any atom is 0.258 e. The summed E-state index contributed by atoms with van der Waals surface area (Å²) in [5.74, 6) is -0.302. The van der Waals surface area contributed by atoms with Gasteiger partial charge in [-0.05, 0) is 0 Å². The Morgan fingerprint density at radius 1 is 1.64 bits per heavy atom. The topological polar surface area (TPSA) is 51.0 Å². The minimum Gasteiger partial charge on any atom is -0.380 e. The number of fused-ring (bicyclic) bond motifs is 1. The van der Waals surface area contributed by atoms with E-state index in [1.807, 2.05) is 0 Å². The Bertz CT molecular complexity index is 245. The van der Waals surface area contributed by atoms with Crippen molar-refractivity contribution in [3.63, 3.8) is 0 Å². The molecule has 1 atom stereocenters. The fourth-order valence-corrected chi connectivity index (χ4v) is 1.27. The summed E-state index contributed by atoms with van der Waals surface area (Å²) in [5, 5.41) is 0. The van der Waals surface area contributed by atoms with Crippen LogP contribution in [0.1, 0.15) is 6.42 Å². The van der Waals surface area contributed by atoms with Gasteiger partial charge in [-0.15, -0.1) is 0 Å². The lowest BCUT2D eigenvalue weighted by atomic mass is 9.98. The van der Waals surface area contributed by atoms with E-state index in [9.17, 15) is 4.79 Å². The third-order valence-corrected chi connectivity index (χ3v) is 1.90. The van der Waals surface area contributed by atoms with Crippen LogP contribution in [0.5, 0.6) is 0 Å². The first-order chi connectivity index (χ1) is 5.38. The van der Waals surface area contributed by atoms with Crippen molar-refractivity contribution in [1.82, 2.24) is 0 Å². The first-order valence-corrected chi connectivity index (χ1v) is 3.58. The first-order valence-electron chi connectivity index (χ1n) is 3.58. The number of amides is 1. The lowest BCUT2D eigenvalue weighted by Crippen LogP contribution is -2.35. The van der Waals surface area contributed by atoms with Gasteiger partial charge in [0.05, 0.1) is 13.2 Å². The SMILES string of the molecule is O=C1N=CN=C2CCOCC12. The third-order valence-electron chi connectivity index (χ3n) is 1.90. The molecule has 1 fully saturated rings. The summed E-state index contributed by atoms with van der Waals surface area (Å²) in [4.78, 5) is 18.7. The molecule has 2 heterocycles. The monoisotopic (exact) mass is 152 g/mol. The fourth-order valence-electron chi connectivity index (χ4n) is 1.27. The standard InChI is InChI=1S/C7H8N2O2/c10-7-5-3-11-2-1-6(5)8-4-9-7/h4-5H,1-3H2. The van der Waals surface area contributed by atoms with Crippen molar-refractivity contribution in [3.8, 4) is 0 Å². The van der Waals surface area contributed by atoms with E-state index in [2.05, 4.69) is 9.98 Å². The average Bonchev–Trinajstić information content (AvgIpc) is 2.06. The molecule has 2 rings (SSSR count). The Hall–Kier alpha value is -1.03. The quantitative estimate of drug-likeness (QED) is 0.491. The molecular weight excluding hydrogens is 144 g/mol. The van der Waals surface area contributed by atoms with Crippen LogP contribution in [-0.2, 0) is 9.53 Å².